The minimum Gasteiger partial charge on any atom is -0.383 e. The van der Waals surface area contributed by atoms with Gasteiger partial charge in [0, 0.05) is 39.5 Å². The van der Waals surface area contributed by atoms with Gasteiger partial charge in [-0.2, -0.15) is 5.10 Å². The topological polar surface area (TPSA) is 56.6 Å². The number of aryl methyl sites for hydroxylation is 1. The Kier molecular flexibility index (Phi) is 5.10. The van der Waals surface area contributed by atoms with Gasteiger partial charge < -0.3 is 14.4 Å². The maximum Gasteiger partial charge on any atom is 0.223 e. The fourth-order valence-corrected chi connectivity index (χ4v) is 3.40. The predicted octanol–water partition coefficient (Wildman–Crippen LogP) is 1.45. The quantitative estimate of drug-likeness (QED) is 0.845. The molecule has 1 unspecified atom stereocenters. The van der Waals surface area contributed by atoms with Crippen LogP contribution in [0.4, 0.5) is 0 Å². The number of methoxy groups -OCH3 is 1. The summed E-state index contributed by atoms with van der Waals surface area (Å²) in [7, 11) is 1.70. The number of carbonyl (C=O) groups excluding carboxylic acids is 1. The highest BCUT2D eigenvalue weighted by molar-refractivity contribution is 5.76. The largest absolute Gasteiger partial charge is 0.383 e. The Hall–Kier alpha value is -1.40. The molecule has 3 rings (SSSR count). The fraction of sp³-hybridized carbons (Fsp3) is 0.750. The van der Waals surface area contributed by atoms with Crippen molar-refractivity contribution in [2.24, 2.45) is 5.92 Å². The molecule has 0 saturated carbocycles. The third-order valence-corrected chi connectivity index (χ3v) is 4.74. The minimum absolute atomic E-state index is 0.138. The third kappa shape index (κ3) is 3.50. The Bertz CT molecular complexity index is 497. The van der Waals surface area contributed by atoms with Gasteiger partial charge in [0.1, 0.15) is 0 Å². The molecule has 0 spiro atoms. The van der Waals surface area contributed by atoms with E-state index in [4.69, 9.17) is 9.47 Å². The first-order valence-electron chi connectivity index (χ1n) is 8.14. The molecule has 2 aliphatic rings. The van der Waals surface area contributed by atoms with Crippen molar-refractivity contribution in [3.8, 4) is 0 Å². The first-order chi connectivity index (χ1) is 10.8. The van der Waals surface area contributed by atoms with Gasteiger partial charge >= 0.3 is 0 Å². The molecule has 1 aromatic rings. The Labute approximate surface area is 131 Å². The molecule has 22 heavy (non-hydrogen) atoms. The van der Waals surface area contributed by atoms with Gasteiger partial charge in [-0.3, -0.25) is 9.48 Å². The maximum atomic E-state index is 12.8. The lowest BCUT2D eigenvalue weighted by molar-refractivity contribution is -0.137. The summed E-state index contributed by atoms with van der Waals surface area (Å²) in [6.45, 7) is 3.64. The Morgan fingerprint density at radius 3 is 3.00 bits per heavy atom. The minimum atomic E-state index is 0.138. The number of aromatic nitrogens is 2. The van der Waals surface area contributed by atoms with Crippen molar-refractivity contribution >= 4 is 5.91 Å². The van der Waals surface area contributed by atoms with E-state index >= 15 is 0 Å². The van der Waals surface area contributed by atoms with E-state index in [1.165, 1.54) is 0 Å². The number of rotatable bonds is 4. The molecular formula is C16H25N3O3. The van der Waals surface area contributed by atoms with Crippen LogP contribution in [0, 0.1) is 5.92 Å². The zero-order valence-corrected chi connectivity index (χ0v) is 13.2. The molecule has 3 heterocycles. The van der Waals surface area contributed by atoms with Crippen molar-refractivity contribution in [3.05, 3.63) is 18.0 Å². The first kappa shape index (κ1) is 15.5. The van der Waals surface area contributed by atoms with E-state index in [2.05, 4.69) is 5.10 Å². The van der Waals surface area contributed by atoms with Crippen LogP contribution in [-0.4, -0.2) is 53.6 Å². The molecule has 0 bridgehead atoms. The van der Waals surface area contributed by atoms with E-state index in [0.29, 0.717) is 25.5 Å². The molecule has 1 fully saturated rings. The molecule has 122 valence electrons. The van der Waals surface area contributed by atoms with Crippen LogP contribution in [0.15, 0.2) is 12.3 Å². The van der Waals surface area contributed by atoms with Crippen molar-refractivity contribution in [1.29, 1.82) is 0 Å². The number of ether oxygens (including phenoxy) is 2. The summed E-state index contributed by atoms with van der Waals surface area (Å²) in [5, 5.41) is 4.34. The zero-order valence-electron chi connectivity index (χ0n) is 13.2. The average Bonchev–Trinajstić information content (AvgIpc) is 2.90. The Morgan fingerprint density at radius 2 is 2.23 bits per heavy atom. The number of nitrogens with zero attached hydrogens (tertiary/aromatic N) is 3. The molecule has 2 aliphatic heterocycles. The molecule has 6 nitrogen and oxygen atoms in total. The van der Waals surface area contributed by atoms with E-state index in [-0.39, 0.29) is 11.9 Å². The van der Waals surface area contributed by atoms with Crippen LogP contribution in [-0.2, 0) is 27.4 Å². The predicted molar refractivity (Wildman–Crippen MR) is 81.2 cm³/mol. The third-order valence-electron chi connectivity index (χ3n) is 4.74. The second-order valence-corrected chi connectivity index (χ2v) is 6.23. The summed E-state index contributed by atoms with van der Waals surface area (Å²) < 4.78 is 12.7. The van der Waals surface area contributed by atoms with Crippen molar-refractivity contribution in [2.45, 2.75) is 44.8 Å². The van der Waals surface area contributed by atoms with Gasteiger partial charge in [-0.1, -0.05) is 0 Å². The lowest BCUT2D eigenvalue weighted by Crippen LogP contribution is -2.42. The summed E-state index contributed by atoms with van der Waals surface area (Å²) >= 11 is 0. The van der Waals surface area contributed by atoms with Crippen LogP contribution < -0.4 is 0 Å². The van der Waals surface area contributed by atoms with E-state index in [0.717, 1.165) is 44.7 Å². The monoisotopic (exact) mass is 307 g/mol. The normalized spacial score (nSPS) is 23.1. The summed E-state index contributed by atoms with van der Waals surface area (Å²) in [6, 6.07) is 2.14. The molecule has 0 N–H and O–H groups in total. The van der Waals surface area contributed by atoms with Gasteiger partial charge in [-0.25, -0.2) is 0 Å². The molecule has 0 aromatic carbocycles. The maximum absolute atomic E-state index is 12.8. The standard InChI is InChI=1S/C16H25N3O3/c1-21-12-15-3-7-19-14(2-6-17-19)11-18(15)16(20)10-13-4-8-22-9-5-13/h2,6,13,15H,3-5,7-12H2,1H3. The molecule has 0 aliphatic carbocycles. The highest BCUT2D eigenvalue weighted by Gasteiger charge is 2.29. The summed E-state index contributed by atoms with van der Waals surface area (Å²) in [4.78, 5) is 14.8. The molecule has 1 saturated heterocycles. The lowest BCUT2D eigenvalue weighted by atomic mass is 9.95. The molecular weight excluding hydrogens is 282 g/mol. The van der Waals surface area contributed by atoms with E-state index in [1.54, 1.807) is 7.11 Å². The Balaban J connectivity index is 1.70. The van der Waals surface area contributed by atoms with Gasteiger partial charge in [-0.05, 0) is 31.2 Å². The fourth-order valence-electron chi connectivity index (χ4n) is 3.40. The number of fused-ring (bicyclic) bond motifs is 1. The van der Waals surface area contributed by atoms with Crippen molar-refractivity contribution in [1.82, 2.24) is 14.7 Å². The highest BCUT2D eigenvalue weighted by atomic mass is 16.5. The van der Waals surface area contributed by atoms with Gasteiger partial charge in [0.2, 0.25) is 5.91 Å². The summed E-state index contributed by atoms with van der Waals surface area (Å²) in [6.07, 6.45) is 5.31. The van der Waals surface area contributed by atoms with Crippen LogP contribution in [0.5, 0.6) is 0 Å². The van der Waals surface area contributed by atoms with Gasteiger partial charge in [0.15, 0.2) is 0 Å². The molecule has 6 heteroatoms. The van der Waals surface area contributed by atoms with Crippen molar-refractivity contribution in [3.63, 3.8) is 0 Å². The van der Waals surface area contributed by atoms with Gasteiger partial charge in [0.25, 0.3) is 0 Å². The molecule has 1 amide bonds. The van der Waals surface area contributed by atoms with Crippen LogP contribution >= 0.6 is 0 Å². The number of hydrogen-bond acceptors (Lipinski definition) is 4. The van der Waals surface area contributed by atoms with Crippen molar-refractivity contribution in [2.75, 3.05) is 26.9 Å². The lowest BCUT2D eigenvalue weighted by Gasteiger charge is -2.31. The zero-order chi connectivity index (χ0) is 15.4. The SMILES string of the molecule is COCC1CCn2nccc2CN1C(=O)CC1CCOCC1. The van der Waals surface area contributed by atoms with Crippen LogP contribution in [0.2, 0.25) is 0 Å². The second kappa shape index (κ2) is 7.24. The van der Waals surface area contributed by atoms with E-state index in [9.17, 15) is 4.79 Å². The molecule has 0 radical (unpaired) electrons. The molecule has 1 aromatic heterocycles. The highest BCUT2D eigenvalue weighted by Crippen LogP contribution is 2.23. The van der Waals surface area contributed by atoms with Gasteiger partial charge in [-0.15, -0.1) is 0 Å². The Morgan fingerprint density at radius 1 is 1.41 bits per heavy atom. The smallest absolute Gasteiger partial charge is 0.223 e. The van der Waals surface area contributed by atoms with Crippen molar-refractivity contribution < 1.29 is 14.3 Å². The average molecular weight is 307 g/mol. The second-order valence-electron chi connectivity index (χ2n) is 6.23. The number of amides is 1. The summed E-state index contributed by atoms with van der Waals surface area (Å²) in [5.41, 5.74) is 1.11. The van der Waals surface area contributed by atoms with E-state index in [1.807, 2.05) is 21.8 Å². The van der Waals surface area contributed by atoms with Crippen LogP contribution in [0.25, 0.3) is 0 Å². The van der Waals surface area contributed by atoms with Crippen LogP contribution in [0.1, 0.15) is 31.4 Å². The van der Waals surface area contributed by atoms with Crippen LogP contribution in [0.3, 0.4) is 0 Å². The molecule has 1 atom stereocenters. The number of carbonyl (C=O) groups is 1. The van der Waals surface area contributed by atoms with E-state index < -0.39 is 0 Å². The number of hydrogen-bond donors (Lipinski definition) is 0. The summed E-state index contributed by atoms with van der Waals surface area (Å²) in [5.74, 6) is 0.696. The van der Waals surface area contributed by atoms with Gasteiger partial charge in [0.05, 0.1) is 24.9 Å². The first-order valence-corrected chi connectivity index (χ1v) is 8.14.